The molecule has 0 aliphatic heterocycles. The van der Waals surface area contributed by atoms with Gasteiger partial charge in [0.1, 0.15) is 0 Å². The Morgan fingerprint density at radius 2 is 2.19 bits per heavy atom. The minimum absolute atomic E-state index is 0.0451. The van der Waals surface area contributed by atoms with Gasteiger partial charge in [-0.1, -0.05) is 13.8 Å². The van der Waals surface area contributed by atoms with Gasteiger partial charge in [-0.25, -0.2) is 0 Å². The predicted octanol–water partition coefficient (Wildman–Crippen LogP) is 3.30. The zero-order valence-electron chi connectivity index (χ0n) is 9.49. The second-order valence-corrected chi connectivity index (χ2v) is 5.27. The Labute approximate surface area is 99.0 Å². The molecule has 0 spiro atoms. The van der Waals surface area contributed by atoms with Gasteiger partial charge in [-0.2, -0.15) is 0 Å². The van der Waals surface area contributed by atoms with Crippen LogP contribution in [-0.2, 0) is 6.42 Å². The smallest absolute Gasteiger partial charge is 0.248 e. The first-order chi connectivity index (χ1) is 7.65. The molecular formula is C13H15NOS. The van der Waals surface area contributed by atoms with E-state index in [1.165, 1.54) is 10.4 Å². The Hall–Kier alpha value is -1.35. The van der Waals surface area contributed by atoms with Crippen molar-refractivity contribution in [2.24, 2.45) is 5.92 Å². The SMILES string of the molecule is CC(C)Cc1csc(-c2cc[nH]c(=O)c2)c1. The number of hydrogen-bond donors (Lipinski definition) is 1. The van der Waals surface area contributed by atoms with Gasteiger partial charge >= 0.3 is 0 Å². The Bertz CT molecular complexity index is 524. The second kappa shape index (κ2) is 4.66. The van der Waals surface area contributed by atoms with Crippen LogP contribution in [0.2, 0.25) is 0 Å². The summed E-state index contributed by atoms with van der Waals surface area (Å²) in [6.45, 7) is 4.43. The molecule has 0 aromatic carbocycles. The molecule has 0 radical (unpaired) electrons. The van der Waals surface area contributed by atoms with Crippen molar-refractivity contribution >= 4 is 11.3 Å². The van der Waals surface area contributed by atoms with Crippen LogP contribution in [0.3, 0.4) is 0 Å². The molecule has 2 aromatic heterocycles. The third-order valence-corrected chi connectivity index (χ3v) is 3.39. The molecule has 16 heavy (non-hydrogen) atoms. The molecule has 0 amide bonds. The number of nitrogens with one attached hydrogen (secondary N) is 1. The zero-order valence-corrected chi connectivity index (χ0v) is 10.3. The van der Waals surface area contributed by atoms with Crippen LogP contribution in [0.1, 0.15) is 19.4 Å². The Morgan fingerprint density at radius 3 is 2.88 bits per heavy atom. The zero-order chi connectivity index (χ0) is 11.5. The number of thiophene rings is 1. The lowest BCUT2D eigenvalue weighted by Gasteiger charge is -2.00. The molecule has 0 atom stereocenters. The Morgan fingerprint density at radius 1 is 1.38 bits per heavy atom. The molecule has 0 fully saturated rings. The maximum Gasteiger partial charge on any atom is 0.248 e. The van der Waals surface area contributed by atoms with E-state index >= 15 is 0 Å². The molecule has 2 rings (SSSR count). The van der Waals surface area contributed by atoms with Gasteiger partial charge in [0.2, 0.25) is 5.56 Å². The van der Waals surface area contributed by atoms with Crippen molar-refractivity contribution in [1.29, 1.82) is 0 Å². The molecule has 84 valence electrons. The minimum Gasteiger partial charge on any atom is -0.329 e. The average molecular weight is 233 g/mol. The van der Waals surface area contributed by atoms with Crippen LogP contribution in [0.15, 0.2) is 34.6 Å². The van der Waals surface area contributed by atoms with Crippen molar-refractivity contribution in [3.8, 4) is 10.4 Å². The van der Waals surface area contributed by atoms with E-state index in [2.05, 4.69) is 30.3 Å². The van der Waals surface area contributed by atoms with Gasteiger partial charge < -0.3 is 4.98 Å². The van der Waals surface area contributed by atoms with E-state index in [1.54, 1.807) is 23.6 Å². The quantitative estimate of drug-likeness (QED) is 0.867. The van der Waals surface area contributed by atoms with Crippen LogP contribution < -0.4 is 5.56 Å². The fraction of sp³-hybridized carbons (Fsp3) is 0.308. The van der Waals surface area contributed by atoms with Crippen molar-refractivity contribution in [2.45, 2.75) is 20.3 Å². The fourth-order valence-electron chi connectivity index (χ4n) is 1.70. The highest BCUT2D eigenvalue weighted by atomic mass is 32.1. The first-order valence-corrected chi connectivity index (χ1v) is 6.29. The van der Waals surface area contributed by atoms with Gasteiger partial charge in [-0.15, -0.1) is 11.3 Å². The topological polar surface area (TPSA) is 32.9 Å². The highest BCUT2D eigenvalue weighted by Gasteiger charge is 2.04. The van der Waals surface area contributed by atoms with Gasteiger partial charge in [-0.05, 0) is 41.0 Å². The highest BCUT2D eigenvalue weighted by Crippen LogP contribution is 2.27. The Kier molecular flexibility index (Phi) is 3.25. The molecule has 0 aliphatic carbocycles. The summed E-state index contributed by atoms with van der Waals surface area (Å²) in [5.74, 6) is 0.668. The highest BCUT2D eigenvalue weighted by molar-refractivity contribution is 7.13. The molecule has 0 saturated heterocycles. The minimum atomic E-state index is -0.0451. The number of H-pyrrole nitrogens is 1. The summed E-state index contributed by atoms with van der Waals surface area (Å²) >= 11 is 1.70. The molecule has 2 aromatic rings. The van der Waals surface area contributed by atoms with Crippen LogP contribution in [0.5, 0.6) is 0 Å². The summed E-state index contributed by atoms with van der Waals surface area (Å²) in [6.07, 6.45) is 2.79. The summed E-state index contributed by atoms with van der Waals surface area (Å²) in [5.41, 5.74) is 2.32. The molecule has 0 saturated carbocycles. The number of rotatable bonds is 3. The van der Waals surface area contributed by atoms with E-state index in [-0.39, 0.29) is 5.56 Å². The van der Waals surface area contributed by atoms with E-state index in [0.717, 1.165) is 12.0 Å². The predicted molar refractivity (Wildman–Crippen MR) is 68.9 cm³/mol. The molecule has 0 bridgehead atoms. The van der Waals surface area contributed by atoms with Crippen LogP contribution >= 0.6 is 11.3 Å². The Balaban J connectivity index is 2.28. The van der Waals surface area contributed by atoms with E-state index in [9.17, 15) is 4.79 Å². The van der Waals surface area contributed by atoms with Gasteiger partial charge in [0.15, 0.2) is 0 Å². The number of pyridine rings is 1. The average Bonchev–Trinajstić information content (AvgIpc) is 2.65. The summed E-state index contributed by atoms with van der Waals surface area (Å²) < 4.78 is 0. The van der Waals surface area contributed by atoms with Gasteiger partial charge in [-0.3, -0.25) is 4.79 Å². The lowest BCUT2D eigenvalue weighted by molar-refractivity contribution is 0.649. The van der Waals surface area contributed by atoms with E-state index in [1.807, 2.05) is 6.07 Å². The maximum atomic E-state index is 11.2. The molecule has 0 aliphatic rings. The van der Waals surface area contributed by atoms with Crippen LogP contribution in [0.25, 0.3) is 10.4 Å². The second-order valence-electron chi connectivity index (χ2n) is 4.36. The molecule has 1 N–H and O–H groups in total. The monoisotopic (exact) mass is 233 g/mol. The summed E-state index contributed by atoms with van der Waals surface area (Å²) in [6, 6.07) is 5.76. The molecular weight excluding hydrogens is 218 g/mol. The summed E-state index contributed by atoms with van der Waals surface area (Å²) in [5, 5.41) is 2.18. The van der Waals surface area contributed by atoms with Crippen LogP contribution in [0, 0.1) is 5.92 Å². The normalized spacial score (nSPS) is 10.9. The lowest BCUT2D eigenvalue weighted by Crippen LogP contribution is -2.01. The fourth-order valence-corrected chi connectivity index (χ4v) is 2.63. The van der Waals surface area contributed by atoms with Crippen molar-refractivity contribution in [1.82, 2.24) is 4.98 Å². The van der Waals surface area contributed by atoms with Gasteiger partial charge in [0.25, 0.3) is 0 Å². The third-order valence-electron chi connectivity index (χ3n) is 2.36. The van der Waals surface area contributed by atoms with Gasteiger partial charge in [0, 0.05) is 17.1 Å². The number of aromatic nitrogens is 1. The van der Waals surface area contributed by atoms with Gasteiger partial charge in [0.05, 0.1) is 0 Å². The maximum absolute atomic E-state index is 11.2. The third kappa shape index (κ3) is 2.61. The molecule has 2 heterocycles. The largest absolute Gasteiger partial charge is 0.329 e. The molecule has 3 heteroatoms. The van der Waals surface area contributed by atoms with E-state index in [0.29, 0.717) is 5.92 Å². The first kappa shape index (κ1) is 11.1. The standard InChI is InChI=1S/C13H15NOS/c1-9(2)5-10-6-12(16-8-10)11-3-4-14-13(15)7-11/h3-4,6-9H,5H2,1-2H3,(H,14,15). The number of hydrogen-bond acceptors (Lipinski definition) is 2. The lowest BCUT2D eigenvalue weighted by atomic mass is 10.1. The van der Waals surface area contributed by atoms with Crippen molar-refractivity contribution in [2.75, 3.05) is 0 Å². The first-order valence-electron chi connectivity index (χ1n) is 5.41. The van der Waals surface area contributed by atoms with Crippen molar-refractivity contribution in [3.05, 3.63) is 45.7 Å². The number of aromatic amines is 1. The van der Waals surface area contributed by atoms with Crippen molar-refractivity contribution in [3.63, 3.8) is 0 Å². The summed E-state index contributed by atoms with van der Waals surface area (Å²) in [4.78, 5) is 15.0. The van der Waals surface area contributed by atoms with E-state index < -0.39 is 0 Å². The summed E-state index contributed by atoms with van der Waals surface area (Å²) in [7, 11) is 0. The molecule has 0 unspecified atom stereocenters. The van der Waals surface area contributed by atoms with Crippen LogP contribution in [-0.4, -0.2) is 4.98 Å². The molecule has 2 nitrogen and oxygen atoms in total. The van der Waals surface area contributed by atoms with Crippen molar-refractivity contribution < 1.29 is 0 Å². The van der Waals surface area contributed by atoms with Crippen LogP contribution in [0.4, 0.5) is 0 Å². The van der Waals surface area contributed by atoms with E-state index in [4.69, 9.17) is 0 Å².